The van der Waals surface area contributed by atoms with E-state index in [1.165, 1.54) is 11.3 Å². The summed E-state index contributed by atoms with van der Waals surface area (Å²) < 4.78 is 0. The van der Waals surface area contributed by atoms with Gasteiger partial charge in [-0.3, -0.25) is 4.79 Å². The Bertz CT molecular complexity index is 981. The van der Waals surface area contributed by atoms with Gasteiger partial charge in [0.25, 0.3) is 5.91 Å². The number of carbonyl (C=O) groups excluding carboxylic acids is 1. The van der Waals surface area contributed by atoms with Crippen LogP contribution in [0.25, 0.3) is 6.08 Å². The lowest BCUT2D eigenvalue weighted by Gasteiger charge is -2.14. The minimum atomic E-state index is -0.214. The lowest BCUT2D eigenvalue weighted by Crippen LogP contribution is -2.32. The van der Waals surface area contributed by atoms with Crippen molar-refractivity contribution in [1.82, 2.24) is 4.98 Å². The molecule has 0 N–H and O–H groups in total. The molecule has 25 heavy (non-hydrogen) atoms. The van der Waals surface area contributed by atoms with E-state index in [0.29, 0.717) is 21.7 Å². The van der Waals surface area contributed by atoms with Crippen LogP contribution in [0.3, 0.4) is 0 Å². The van der Waals surface area contributed by atoms with E-state index < -0.39 is 0 Å². The van der Waals surface area contributed by atoms with Crippen LogP contribution in [0.4, 0.5) is 5.13 Å². The topological polar surface area (TPSA) is 45.6 Å². The number of benzene rings is 2. The summed E-state index contributed by atoms with van der Waals surface area (Å²) in [4.78, 5) is 23.4. The molecular weight excluding hydrogens is 354 g/mol. The third-order valence-electron chi connectivity index (χ3n) is 3.70. The van der Waals surface area contributed by atoms with Gasteiger partial charge in [-0.15, -0.1) is 11.3 Å². The molecule has 0 bridgehead atoms. The van der Waals surface area contributed by atoms with Crippen LogP contribution in [-0.4, -0.2) is 16.7 Å². The van der Waals surface area contributed by atoms with Gasteiger partial charge in [-0.05, 0) is 17.7 Å². The van der Waals surface area contributed by atoms with Crippen LogP contribution in [0.5, 0.6) is 0 Å². The average molecular weight is 366 g/mol. The Morgan fingerprint density at radius 2 is 1.80 bits per heavy atom. The highest BCUT2D eigenvalue weighted by molar-refractivity contribution is 7.14. The van der Waals surface area contributed by atoms with Crippen molar-refractivity contribution in [3.8, 4) is 0 Å². The number of hydrogen-bond acceptors (Lipinski definition) is 4. The van der Waals surface area contributed by atoms with Crippen molar-refractivity contribution < 1.29 is 4.79 Å². The molecule has 0 unspecified atom stereocenters. The van der Waals surface area contributed by atoms with Crippen LogP contribution in [0.2, 0.25) is 5.02 Å². The molecule has 122 valence electrons. The number of nitrogens with zero attached hydrogens (tertiary/aromatic N) is 3. The van der Waals surface area contributed by atoms with Gasteiger partial charge in [0.1, 0.15) is 11.5 Å². The molecule has 0 spiro atoms. The summed E-state index contributed by atoms with van der Waals surface area (Å²) in [5.74, 6) is 0.354. The minimum absolute atomic E-state index is 0.214. The number of halogens is 1. The normalized spacial score (nSPS) is 15.7. The van der Waals surface area contributed by atoms with Crippen LogP contribution in [0, 0.1) is 0 Å². The Morgan fingerprint density at radius 1 is 1.04 bits per heavy atom. The number of anilines is 1. The molecule has 0 saturated carbocycles. The maximum absolute atomic E-state index is 13.0. The third kappa shape index (κ3) is 2.99. The molecule has 1 aromatic heterocycles. The highest BCUT2D eigenvalue weighted by Crippen LogP contribution is 2.30. The van der Waals surface area contributed by atoms with E-state index in [1.807, 2.05) is 53.9 Å². The van der Waals surface area contributed by atoms with Gasteiger partial charge in [0.2, 0.25) is 0 Å². The number of amidine groups is 1. The SMILES string of the molecule is O=C1C(=Cc2ccccc2Cl)N=C(c2ccccc2)N1c1nccs1. The molecule has 6 heteroatoms. The Hall–Kier alpha value is -2.76. The Balaban J connectivity index is 1.83. The lowest BCUT2D eigenvalue weighted by molar-refractivity contribution is -0.113. The van der Waals surface area contributed by atoms with Crippen molar-refractivity contribution in [2.24, 2.45) is 4.99 Å². The Labute approximate surface area is 153 Å². The van der Waals surface area contributed by atoms with Gasteiger partial charge in [0.15, 0.2) is 5.13 Å². The molecule has 0 atom stereocenters. The number of aromatic nitrogens is 1. The summed E-state index contributed by atoms with van der Waals surface area (Å²) in [7, 11) is 0. The van der Waals surface area contributed by atoms with Crippen molar-refractivity contribution in [2.45, 2.75) is 0 Å². The summed E-state index contributed by atoms with van der Waals surface area (Å²) in [6.07, 6.45) is 3.38. The van der Waals surface area contributed by atoms with Crippen molar-refractivity contribution in [1.29, 1.82) is 0 Å². The quantitative estimate of drug-likeness (QED) is 0.635. The van der Waals surface area contributed by atoms with Gasteiger partial charge in [-0.1, -0.05) is 60.1 Å². The molecule has 2 heterocycles. The fraction of sp³-hybridized carbons (Fsp3) is 0. The highest BCUT2D eigenvalue weighted by atomic mass is 35.5. The van der Waals surface area contributed by atoms with Gasteiger partial charge < -0.3 is 0 Å². The van der Waals surface area contributed by atoms with E-state index >= 15 is 0 Å². The second kappa shape index (κ2) is 6.63. The van der Waals surface area contributed by atoms with Gasteiger partial charge in [0.05, 0.1) is 0 Å². The molecule has 0 radical (unpaired) electrons. The molecular formula is C19H12ClN3OS. The number of rotatable bonds is 3. The first-order chi connectivity index (χ1) is 12.2. The predicted octanol–water partition coefficient (Wildman–Crippen LogP) is 4.63. The molecule has 2 aromatic carbocycles. The van der Waals surface area contributed by atoms with Crippen LogP contribution in [0.15, 0.2) is 76.9 Å². The van der Waals surface area contributed by atoms with Crippen molar-refractivity contribution in [3.05, 3.63) is 88.0 Å². The fourth-order valence-electron chi connectivity index (χ4n) is 2.54. The monoisotopic (exact) mass is 365 g/mol. The van der Waals surface area contributed by atoms with E-state index in [4.69, 9.17) is 11.6 Å². The second-order valence-electron chi connectivity index (χ2n) is 5.31. The number of carbonyl (C=O) groups is 1. The summed E-state index contributed by atoms with van der Waals surface area (Å²) >= 11 is 7.61. The van der Waals surface area contributed by atoms with Crippen molar-refractivity contribution in [3.63, 3.8) is 0 Å². The van der Waals surface area contributed by atoms with E-state index in [1.54, 1.807) is 23.2 Å². The predicted molar refractivity (Wildman–Crippen MR) is 102 cm³/mol. The number of hydrogen-bond donors (Lipinski definition) is 0. The first-order valence-corrected chi connectivity index (χ1v) is 8.84. The summed E-state index contributed by atoms with van der Waals surface area (Å²) in [5.41, 5.74) is 1.94. The van der Waals surface area contributed by atoms with Crippen LogP contribution >= 0.6 is 22.9 Å². The molecule has 0 aliphatic carbocycles. The standard InChI is InChI=1S/C19H12ClN3OS/c20-15-9-5-4-8-14(15)12-16-18(24)23(19-21-10-11-25-19)17(22-16)13-6-2-1-3-7-13/h1-12H. The maximum atomic E-state index is 13.0. The zero-order valence-electron chi connectivity index (χ0n) is 13.0. The number of amides is 1. The molecule has 4 nitrogen and oxygen atoms in total. The van der Waals surface area contributed by atoms with Crippen molar-refractivity contribution >= 4 is 45.9 Å². The van der Waals surface area contributed by atoms with E-state index in [0.717, 1.165) is 11.1 Å². The van der Waals surface area contributed by atoms with Gasteiger partial charge in [-0.25, -0.2) is 14.9 Å². The largest absolute Gasteiger partial charge is 0.284 e. The molecule has 0 saturated heterocycles. The maximum Gasteiger partial charge on any atom is 0.284 e. The van der Waals surface area contributed by atoms with Crippen LogP contribution in [0.1, 0.15) is 11.1 Å². The molecule has 3 aromatic rings. The smallest absolute Gasteiger partial charge is 0.266 e. The van der Waals surface area contributed by atoms with Gasteiger partial charge in [-0.2, -0.15) is 0 Å². The van der Waals surface area contributed by atoms with Crippen molar-refractivity contribution in [2.75, 3.05) is 4.90 Å². The number of thiazole rings is 1. The molecule has 1 amide bonds. The Kier molecular flexibility index (Phi) is 4.17. The van der Waals surface area contributed by atoms with E-state index in [-0.39, 0.29) is 5.91 Å². The zero-order chi connectivity index (χ0) is 17.2. The molecule has 1 aliphatic rings. The van der Waals surface area contributed by atoms with E-state index in [9.17, 15) is 4.79 Å². The molecule has 4 rings (SSSR count). The molecule has 1 aliphatic heterocycles. The zero-order valence-corrected chi connectivity index (χ0v) is 14.5. The summed E-state index contributed by atoms with van der Waals surface area (Å²) in [6.45, 7) is 0. The third-order valence-corrected chi connectivity index (χ3v) is 4.80. The average Bonchev–Trinajstić information content (AvgIpc) is 3.26. The van der Waals surface area contributed by atoms with Gasteiger partial charge >= 0.3 is 0 Å². The van der Waals surface area contributed by atoms with E-state index in [2.05, 4.69) is 9.98 Å². The van der Waals surface area contributed by atoms with Crippen LogP contribution in [-0.2, 0) is 4.79 Å². The first kappa shape index (κ1) is 15.7. The molecule has 0 fully saturated rings. The second-order valence-corrected chi connectivity index (χ2v) is 6.59. The Morgan fingerprint density at radius 3 is 2.52 bits per heavy atom. The van der Waals surface area contributed by atoms with Crippen LogP contribution < -0.4 is 4.90 Å². The summed E-state index contributed by atoms with van der Waals surface area (Å²) in [5, 5.41) is 3.00. The first-order valence-electron chi connectivity index (χ1n) is 7.58. The fourth-order valence-corrected chi connectivity index (χ4v) is 3.37. The van der Waals surface area contributed by atoms with Gasteiger partial charge in [0, 0.05) is 22.2 Å². The summed E-state index contributed by atoms with van der Waals surface area (Å²) in [6, 6.07) is 17.0. The lowest BCUT2D eigenvalue weighted by atomic mass is 10.2. The number of aliphatic imine (C=N–C) groups is 1. The highest BCUT2D eigenvalue weighted by Gasteiger charge is 2.33. The minimum Gasteiger partial charge on any atom is -0.266 e.